The summed E-state index contributed by atoms with van der Waals surface area (Å²) >= 11 is 1.79. The van der Waals surface area contributed by atoms with Crippen molar-refractivity contribution in [3.63, 3.8) is 0 Å². The Hall–Kier alpha value is -6.25. The molecule has 0 atom stereocenters. The van der Waals surface area contributed by atoms with Crippen LogP contribution in [0.25, 0.3) is 4.85 Å². The van der Waals surface area contributed by atoms with Crippen LogP contribution in [0.3, 0.4) is 0 Å². The average Bonchev–Trinajstić information content (AvgIpc) is 3.19. The minimum Gasteiger partial charge on any atom is -0.458 e. The van der Waals surface area contributed by atoms with Gasteiger partial charge < -0.3 is 9.64 Å². The Kier molecular flexibility index (Phi) is 6.63. The lowest BCUT2D eigenvalue weighted by atomic mass is 9.35. The molecule has 7 aromatic rings. The summed E-state index contributed by atoms with van der Waals surface area (Å²) in [7, 11) is -3.06. The molecule has 3 heterocycles. The number of hydrogen-bond donors (Lipinski definition) is 0. The van der Waals surface area contributed by atoms with E-state index in [4.69, 9.17) is 11.3 Å². The molecule has 10 rings (SSSR count). The Bertz CT molecular complexity index is 2470. The summed E-state index contributed by atoms with van der Waals surface area (Å²) in [6.07, 6.45) is 0. The van der Waals surface area contributed by atoms with Crippen LogP contribution in [-0.2, 0) is 0 Å². The molecule has 0 aliphatic carbocycles. The first-order chi connectivity index (χ1) is 25.2. The van der Waals surface area contributed by atoms with Gasteiger partial charge in [0.05, 0.1) is 23.9 Å². The van der Waals surface area contributed by atoms with Gasteiger partial charge in [0.25, 0.3) is 6.71 Å². The Morgan fingerprint density at radius 2 is 1.29 bits per heavy atom. The maximum Gasteiger partial charge on any atom is 0.253 e. The van der Waals surface area contributed by atoms with Gasteiger partial charge in [0.1, 0.15) is 11.5 Å². The SMILES string of the molecule is [C-]#[N+]c1ccc2c(c1)[Si](c1ccccc1)(c1ccccc1)c1cc(C#N)ccc1N2c1cc2c3c(c1)Sc1ccccc1B3c1ccccc1O2. The van der Waals surface area contributed by atoms with Crippen molar-refractivity contribution in [3.8, 4) is 17.6 Å². The first kappa shape index (κ1) is 29.6. The molecule has 7 aromatic carbocycles. The quantitative estimate of drug-likeness (QED) is 0.161. The molecular formula is C44H26BN3OSSi. The van der Waals surface area contributed by atoms with E-state index in [-0.39, 0.29) is 6.71 Å². The highest BCUT2D eigenvalue weighted by molar-refractivity contribution is 8.00. The number of benzene rings is 7. The molecule has 0 N–H and O–H groups in total. The molecule has 0 saturated carbocycles. The van der Waals surface area contributed by atoms with Crippen molar-refractivity contribution in [1.82, 2.24) is 0 Å². The summed E-state index contributed by atoms with van der Waals surface area (Å²) in [6, 6.07) is 57.6. The Balaban J connectivity index is 1.29. The number of rotatable bonds is 3. The number of anilines is 3. The number of hydrogen-bond acceptors (Lipinski definition) is 4. The fourth-order valence-corrected chi connectivity index (χ4v) is 14.8. The number of nitrogens with zero attached hydrogens (tertiary/aromatic N) is 3. The Morgan fingerprint density at radius 1 is 0.647 bits per heavy atom. The summed E-state index contributed by atoms with van der Waals surface area (Å²) in [6.45, 7) is 8.16. The third-order valence-corrected chi connectivity index (χ3v) is 16.4. The van der Waals surface area contributed by atoms with Crippen LogP contribution in [0.1, 0.15) is 5.56 Å². The molecule has 7 heteroatoms. The van der Waals surface area contributed by atoms with Crippen LogP contribution in [-0.4, -0.2) is 14.8 Å². The highest BCUT2D eigenvalue weighted by Crippen LogP contribution is 2.45. The van der Waals surface area contributed by atoms with Crippen molar-refractivity contribution in [2.45, 2.75) is 9.79 Å². The minimum absolute atomic E-state index is 0.0722. The van der Waals surface area contributed by atoms with Crippen molar-refractivity contribution in [2.24, 2.45) is 0 Å². The summed E-state index contributed by atoms with van der Waals surface area (Å²) in [5, 5.41) is 14.9. The predicted octanol–water partition coefficient (Wildman–Crippen LogP) is 6.36. The van der Waals surface area contributed by atoms with Gasteiger partial charge in [0.2, 0.25) is 0 Å². The molecule has 0 bridgehead atoms. The topological polar surface area (TPSA) is 40.6 Å². The molecule has 0 saturated heterocycles. The second-order valence-corrected chi connectivity index (χ2v) is 17.9. The molecule has 51 heavy (non-hydrogen) atoms. The van der Waals surface area contributed by atoms with Crippen molar-refractivity contribution in [2.75, 3.05) is 4.90 Å². The van der Waals surface area contributed by atoms with Gasteiger partial charge in [-0.2, -0.15) is 5.26 Å². The van der Waals surface area contributed by atoms with Gasteiger partial charge in [-0.1, -0.05) is 126 Å². The molecular weight excluding hydrogens is 657 g/mol. The third kappa shape index (κ3) is 4.26. The van der Waals surface area contributed by atoms with Crippen LogP contribution >= 0.6 is 11.8 Å². The molecule has 236 valence electrons. The van der Waals surface area contributed by atoms with E-state index in [1.165, 1.54) is 31.7 Å². The van der Waals surface area contributed by atoms with E-state index in [0.717, 1.165) is 43.8 Å². The van der Waals surface area contributed by atoms with Crippen LogP contribution < -0.4 is 46.8 Å². The van der Waals surface area contributed by atoms with Crippen LogP contribution in [0.2, 0.25) is 0 Å². The zero-order valence-electron chi connectivity index (χ0n) is 27.2. The smallest absolute Gasteiger partial charge is 0.253 e. The van der Waals surface area contributed by atoms with Crippen LogP contribution in [0, 0.1) is 17.9 Å². The van der Waals surface area contributed by atoms with E-state index in [1.807, 2.05) is 18.2 Å². The lowest BCUT2D eigenvalue weighted by molar-refractivity contribution is 0.486. The summed E-state index contributed by atoms with van der Waals surface area (Å²) in [5.41, 5.74) is 7.89. The fraction of sp³-hybridized carbons (Fsp3) is 0. The van der Waals surface area contributed by atoms with Crippen LogP contribution in [0.5, 0.6) is 11.5 Å². The van der Waals surface area contributed by atoms with Gasteiger partial charge >= 0.3 is 0 Å². The highest BCUT2D eigenvalue weighted by Gasteiger charge is 2.49. The Labute approximate surface area is 302 Å². The van der Waals surface area contributed by atoms with Gasteiger partial charge in [-0.25, -0.2) is 4.85 Å². The molecule has 0 amide bonds. The second kappa shape index (κ2) is 11.4. The monoisotopic (exact) mass is 683 g/mol. The van der Waals surface area contributed by atoms with E-state index < -0.39 is 8.07 Å². The van der Waals surface area contributed by atoms with E-state index in [9.17, 15) is 5.26 Å². The normalized spacial score (nSPS) is 14.0. The van der Waals surface area contributed by atoms with Gasteiger partial charge in [-0.15, -0.1) is 0 Å². The van der Waals surface area contributed by atoms with Crippen molar-refractivity contribution < 1.29 is 4.74 Å². The highest BCUT2D eigenvalue weighted by atomic mass is 32.2. The van der Waals surface area contributed by atoms with Gasteiger partial charge in [-0.3, -0.25) is 0 Å². The van der Waals surface area contributed by atoms with Gasteiger partial charge in [-0.05, 0) is 74.1 Å². The summed E-state index contributed by atoms with van der Waals surface area (Å²) in [5.74, 6) is 1.72. The summed E-state index contributed by atoms with van der Waals surface area (Å²) in [4.78, 5) is 8.67. The second-order valence-electron chi connectivity index (χ2n) is 13.0. The third-order valence-electron chi connectivity index (χ3n) is 10.5. The molecule has 0 unspecified atom stereocenters. The lowest BCUT2D eigenvalue weighted by Gasteiger charge is -2.45. The van der Waals surface area contributed by atoms with Gasteiger partial charge in [0.15, 0.2) is 13.8 Å². The molecule has 0 aromatic heterocycles. The molecule has 3 aliphatic rings. The molecule has 4 nitrogen and oxygen atoms in total. The first-order valence-electron chi connectivity index (χ1n) is 16.9. The van der Waals surface area contributed by atoms with Crippen LogP contribution in [0.4, 0.5) is 22.7 Å². The Morgan fingerprint density at radius 3 is 2.02 bits per heavy atom. The maximum atomic E-state index is 10.3. The molecule has 0 spiro atoms. The van der Waals surface area contributed by atoms with E-state index in [0.29, 0.717) is 11.3 Å². The summed E-state index contributed by atoms with van der Waals surface area (Å²) < 4.78 is 6.79. The molecule has 3 aliphatic heterocycles. The lowest BCUT2D eigenvalue weighted by Crippen LogP contribution is -2.77. The van der Waals surface area contributed by atoms with E-state index >= 15 is 0 Å². The number of para-hydroxylation sites is 1. The zero-order valence-corrected chi connectivity index (χ0v) is 29.1. The molecule has 0 radical (unpaired) electrons. The fourth-order valence-electron chi connectivity index (χ4n) is 8.42. The number of ether oxygens (including phenoxy) is 1. The van der Waals surface area contributed by atoms with Crippen molar-refractivity contribution >= 4 is 86.4 Å². The number of nitriles is 1. The number of fused-ring (bicyclic) bond motifs is 6. The van der Waals surface area contributed by atoms with Gasteiger partial charge in [0, 0.05) is 27.2 Å². The standard InChI is InChI=1S/C44H26BN3OSSi/c1-47-30-21-23-37-43(25-30)51(32-12-4-2-5-13-32,33-14-6-3-7-15-33)42-24-29(28-46)20-22-36(42)48(37)31-26-39-44-41(27-31)50-40-19-11-9-17-35(40)45(44)34-16-8-10-18-38(34)49-39/h2-27H. The molecule has 0 fully saturated rings. The van der Waals surface area contributed by atoms with Crippen molar-refractivity contribution in [1.29, 1.82) is 5.26 Å². The first-order valence-corrected chi connectivity index (χ1v) is 19.7. The van der Waals surface area contributed by atoms with Crippen molar-refractivity contribution in [3.05, 3.63) is 175 Å². The minimum atomic E-state index is -3.06. The average molecular weight is 684 g/mol. The maximum absolute atomic E-state index is 10.3. The van der Waals surface area contributed by atoms with E-state index in [1.54, 1.807) is 11.8 Å². The zero-order chi connectivity index (χ0) is 34.1. The van der Waals surface area contributed by atoms with Crippen LogP contribution in [0.15, 0.2) is 168 Å². The predicted molar refractivity (Wildman–Crippen MR) is 211 cm³/mol. The van der Waals surface area contributed by atoms with E-state index in [2.05, 4.69) is 155 Å². The largest absolute Gasteiger partial charge is 0.458 e.